The average Bonchev–Trinajstić information content (AvgIpc) is 2.78. The number of ether oxygens (including phenoxy) is 1. The predicted molar refractivity (Wildman–Crippen MR) is 119 cm³/mol. The van der Waals surface area contributed by atoms with Crippen LogP contribution in [0.3, 0.4) is 0 Å². The van der Waals surface area contributed by atoms with E-state index in [1.54, 1.807) is 36.3 Å². The number of piperazine rings is 1. The van der Waals surface area contributed by atoms with Crippen molar-refractivity contribution >= 4 is 21.9 Å². The van der Waals surface area contributed by atoms with Crippen LogP contribution in [0.2, 0.25) is 0 Å². The summed E-state index contributed by atoms with van der Waals surface area (Å²) in [5, 5.41) is 10.3. The highest BCUT2D eigenvalue weighted by molar-refractivity contribution is 7.89. The fourth-order valence-electron chi connectivity index (χ4n) is 2.94. The maximum absolute atomic E-state index is 13.1. The molecule has 0 aromatic heterocycles. The van der Waals surface area contributed by atoms with E-state index < -0.39 is 22.2 Å². The number of rotatable bonds is 9. The van der Waals surface area contributed by atoms with E-state index in [9.17, 15) is 26.4 Å². The van der Waals surface area contributed by atoms with E-state index in [0.717, 1.165) is 19.5 Å². The van der Waals surface area contributed by atoms with Crippen LogP contribution in [0.25, 0.3) is 0 Å². The number of carboxylic acids is 1. The summed E-state index contributed by atoms with van der Waals surface area (Å²) in [6.45, 7) is 7.64. The number of nitrogens with one attached hydrogen (secondary N) is 1. The molecule has 1 aromatic carbocycles. The second-order valence-electron chi connectivity index (χ2n) is 7.95. The third-order valence-electron chi connectivity index (χ3n) is 4.94. The Hall–Kier alpha value is -2.38. The van der Waals surface area contributed by atoms with Crippen LogP contribution >= 0.6 is 0 Å². The van der Waals surface area contributed by atoms with Crippen molar-refractivity contribution in [2.75, 3.05) is 46.4 Å². The van der Waals surface area contributed by atoms with E-state index in [1.165, 1.54) is 4.31 Å². The van der Waals surface area contributed by atoms with Gasteiger partial charge in [-0.05, 0) is 36.6 Å². The molecule has 0 atom stereocenters. The Morgan fingerprint density at radius 2 is 1.68 bits per heavy atom. The first-order valence-electron chi connectivity index (χ1n) is 10.7. The molecule has 1 aromatic rings. The van der Waals surface area contributed by atoms with Gasteiger partial charge in [-0.1, -0.05) is 13.8 Å². The summed E-state index contributed by atoms with van der Waals surface area (Å²) >= 11 is 0. The molecular weight excluding hydrogens is 479 g/mol. The number of nitrogens with zero attached hydrogens (tertiary/aromatic N) is 2. The van der Waals surface area contributed by atoms with Gasteiger partial charge in [0.1, 0.15) is 5.75 Å². The SMILES string of the molecule is COc1ccc(S(=O)(=O)N(CCC(=O)N2CCNCC2)CCC(C)C)cc1.O=C(O)C(F)(F)F. The van der Waals surface area contributed by atoms with Gasteiger partial charge in [0.2, 0.25) is 15.9 Å². The number of carbonyl (C=O) groups is 2. The molecule has 1 fully saturated rings. The number of alkyl halides is 3. The zero-order valence-electron chi connectivity index (χ0n) is 19.5. The zero-order chi connectivity index (χ0) is 25.9. The average molecular weight is 512 g/mol. The van der Waals surface area contributed by atoms with E-state index in [-0.39, 0.29) is 23.8 Å². The second kappa shape index (κ2) is 13.5. The highest BCUT2D eigenvalue weighted by atomic mass is 32.2. The van der Waals surface area contributed by atoms with Crippen molar-refractivity contribution in [2.24, 2.45) is 5.92 Å². The molecule has 1 heterocycles. The molecule has 9 nitrogen and oxygen atoms in total. The molecule has 1 aliphatic heterocycles. The lowest BCUT2D eigenvalue weighted by Crippen LogP contribution is -2.47. The molecule has 0 bridgehead atoms. The van der Waals surface area contributed by atoms with Gasteiger partial charge in [-0.2, -0.15) is 17.5 Å². The molecule has 0 aliphatic carbocycles. The lowest BCUT2D eigenvalue weighted by Gasteiger charge is -2.29. The maximum atomic E-state index is 13.1. The summed E-state index contributed by atoms with van der Waals surface area (Å²) in [7, 11) is -2.11. The third-order valence-corrected chi connectivity index (χ3v) is 6.85. The maximum Gasteiger partial charge on any atom is 0.490 e. The van der Waals surface area contributed by atoms with Crippen LogP contribution < -0.4 is 10.1 Å². The van der Waals surface area contributed by atoms with Crippen LogP contribution in [0.1, 0.15) is 26.7 Å². The van der Waals surface area contributed by atoms with Crippen LogP contribution in [-0.2, 0) is 19.6 Å². The van der Waals surface area contributed by atoms with Gasteiger partial charge in [0.05, 0.1) is 12.0 Å². The first-order chi connectivity index (χ1) is 15.8. The number of sulfonamides is 1. The normalized spacial score (nSPS) is 14.5. The number of amides is 1. The standard InChI is InChI=1S/C19H31N3O4S.C2HF3O2/c1-16(2)8-12-22(13-9-19(23)21-14-10-20-11-15-21)27(24,25)18-6-4-17(26-3)5-7-18;3-2(4,5)1(6)7/h4-7,16,20H,8-15H2,1-3H3;(H,6,7). The Morgan fingerprint density at radius 3 is 2.12 bits per heavy atom. The van der Waals surface area contributed by atoms with Crippen LogP contribution in [0.5, 0.6) is 5.75 Å². The fourth-order valence-corrected chi connectivity index (χ4v) is 4.40. The van der Waals surface area contributed by atoms with Gasteiger partial charge in [0.25, 0.3) is 0 Å². The van der Waals surface area contributed by atoms with E-state index in [0.29, 0.717) is 31.3 Å². The molecule has 0 saturated carbocycles. The molecule has 2 N–H and O–H groups in total. The smallest absolute Gasteiger partial charge is 0.490 e. The van der Waals surface area contributed by atoms with E-state index in [1.807, 2.05) is 0 Å². The molecule has 13 heteroatoms. The van der Waals surface area contributed by atoms with Crippen molar-refractivity contribution < 1.29 is 41.0 Å². The van der Waals surface area contributed by atoms with Crippen LogP contribution in [-0.4, -0.2) is 87.2 Å². The summed E-state index contributed by atoms with van der Waals surface area (Å²) in [5.74, 6) is -1.76. The molecule has 1 aliphatic rings. The van der Waals surface area contributed by atoms with Crippen molar-refractivity contribution in [3.63, 3.8) is 0 Å². The van der Waals surface area contributed by atoms with Crippen LogP contribution in [0.4, 0.5) is 13.2 Å². The molecule has 194 valence electrons. The highest BCUT2D eigenvalue weighted by Crippen LogP contribution is 2.21. The number of methoxy groups -OCH3 is 1. The Labute approximate surface area is 197 Å². The lowest BCUT2D eigenvalue weighted by molar-refractivity contribution is -0.192. The van der Waals surface area contributed by atoms with Gasteiger partial charge in [-0.3, -0.25) is 4.79 Å². The molecule has 1 saturated heterocycles. The minimum absolute atomic E-state index is 0.0102. The van der Waals surface area contributed by atoms with E-state index >= 15 is 0 Å². The first-order valence-corrected chi connectivity index (χ1v) is 12.2. The minimum atomic E-state index is -5.08. The Morgan fingerprint density at radius 1 is 1.15 bits per heavy atom. The van der Waals surface area contributed by atoms with E-state index in [4.69, 9.17) is 14.6 Å². The largest absolute Gasteiger partial charge is 0.497 e. The first kappa shape index (κ1) is 29.7. The number of carbonyl (C=O) groups excluding carboxylic acids is 1. The van der Waals surface area contributed by atoms with Gasteiger partial charge < -0.3 is 20.1 Å². The number of benzene rings is 1. The summed E-state index contributed by atoms with van der Waals surface area (Å²) in [6.07, 6.45) is -4.13. The van der Waals surface area contributed by atoms with Gasteiger partial charge in [-0.15, -0.1) is 0 Å². The molecule has 34 heavy (non-hydrogen) atoms. The second-order valence-corrected chi connectivity index (χ2v) is 9.88. The molecular formula is C21H32F3N3O6S. The number of halogens is 3. The Balaban J connectivity index is 0.000000718. The topological polar surface area (TPSA) is 116 Å². The number of carboxylic acid groups (broad SMARTS) is 1. The monoisotopic (exact) mass is 511 g/mol. The summed E-state index contributed by atoms with van der Waals surface area (Å²) < 4.78 is 64.4. The predicted octanol–water partition coefficient (Wildman–Crippen LogP) is 2.19. The third kappa shape index (κ3) is 9.85. The van der Waals surface area contributed by atoms with Crippen molar-refractivity contribution in [3.05, 3.63) is 24.3 Å². The number of hydrogen-bond donors (Lipinski definition) is 2. The number of hydrogen-bond acceptors (Lipinski definition) is 6. The van der Waals surface area contributed by atoms with Crippen LogP contribution in [0, 0.1) is 5.92 Å². The summed E-state index contributed by atoms with van der Waals surface area (Å²) in [6, 6.07) is 6.38. The minimum Gasteiger partial charge on any atom is -0.497 e. The van der Waals surface area contributed by atoms with Crippen molar-refractivity contribution in [1.29, 1.82) is 0 Å². The van der Waals surface area contributed by atoms with E-state index in [2.05, 4.69) is 19.2 Å². The lowest BCUT2D eigenvalue weighted by atomic mass is 10.1. The molecule has 1 amide bonds. The van der Waals surface area contributed by atoms with Gasteiger partial charge in [0, 0.05) is 45.7 Å². The zero-order valence-corrected chi connectivity index (χ0v) is 20.3. The van der Waals surface area contributed by atoms with Crippen molar-refractivity contribution in [2.45, 2.75) is 37.8 Å². The van der Waals surface area contributed by atoms with Crippen LogP contribution in [0.15, 0.2) is 29.2 Å². The van der Waals surface area contributed by atoms with Gasteiger partial charge in [0.15, 0.2) is 0 Å². The molecule has 0 unspecified atom stereocenters. The summed E-state index contributed by atoms with van der Waals surface area (Å²) in [5.41, 5.74) is 0. The van der Waals surface area contributed by atoms with Crippen molar-refractivity contribution in [1.82, 2.24) is 14.5 Å². The van der Waals surface area contributed by atoms with Gasteiger partial charge in [-0.25, -0.2) is 13.2 Å². The molecule has 0 spiro atoms. The van der Waals surface area contributed by atoms with Gasteiger partial charge >= 0.3 is 12.1 Å². The quantitative estimate of drug-likeness (QED) is 0.522. The fraction of sp³-hybridized carbons (Fsp3) is 0.619. The van der Waals surface area contributed by atoms with Crippen molar-refractivity contribution in [3.8, 4) is 5.75 Å². The Kier molecular flexibility index (Phi) is 11.8. The molecule has 2 rings (SSSR count). The highest BCUT2D eigenvalue weighted by Gasteiger charge is 2.38. The molecule has 0 radical (unpaired) electrons. The Bertz CT molecular complexity index is 886. The summed E-state index contributed by atoms with van der Waals surface area (Å²) in [4.78, 5) is 23.4. The number of aliphatic carboxylic acids is 1.